The van der Waals surface area contributed by atoms with Gasteiger partial charge in [-0.2, -0.15) is 0 Å². The maximum Gasteiger partial charge on any atom is 0.321 e. The number of rotatable bonds is 5. The summed E-state index contributed by atoms with van der Waals surface area (Å²) < 4.78 is 4.93. The molecule has 0 saturated carbocycles. The van der Waals surface area contributed by atoms with Gasteiger partial charge in [-0.15, -0.1) is 0 Å². The first kappa shape index (κ1) is 14.5. The fraction of sp³-hybridized carbons (Fsp3) is 0.462. The number of methoxy groups -OCH3 is 1. The van der Waals surface area contributed by atoms with E-state index >= 15 is 0 Å². The fourth-order valence-corrected chi connectivity index (χ4v) is 1.45. The van der Waals surface area contributed by atoms with Gasteiger partial charge in [-0.3, -0.25) is 0 Å². The summed E-state index contributed by atoms with van der Waals surface area (Å²) in [6.45, 7) is 2.98. The number of carbonyl (C=O) groups is 1. The summed E-state index contributed by atoms with van der Waals surface area (Å²) in [5.74, 6) is 0. The molecule has 18 heavy (non-hydrogen) atoms. The Morgan fingerprint density at radius 3 is 2.89 bits per heavy atom. The van der Waals surface area contributed by atoms with Crippen LogP contribution in [0.15, 0.2) is 24.3 Å². The first-order valence-electron chi connectivity index (χ1n) is 5.91. The predicted octanol–water partition coefficient (Wildman–Crippen LogP) is 1.82. The predicted molar refractivity (Wildman–Crippen MR) is 72.6 cm³/mol. The summed E-state index contributed by atoms with van der Waals surface area (Å²) >= 11 is 0. The van der Waals surface area contributed by atoms with E-state index in [2.05, 4.69) is 5.32 Å². The number of carbonyl (C=O) groups excluding carboxylic acids is 1. The topological polar surface area (TPSA) is 67.6 Å². The van der Waals surface area contributed by atoms with Gasteiger partial charge in [-0.05, 0) is 24.6 Å². The Morgan fingerprint density at radius 2 is 2.28 bits per heavy atom. The average Bonchev–Trinajstić information content (AvgIpc) is 2.36. The fourth-order valence-electron chi connectivity index (χ4n) is 1.45. The van der Waals surface area contributed by atoms with Gasteiger partial charge in [0.25, 0.3) is 0 Å². The quantitative estimate of drug-likeness (QED) is 0.838. The molecule has 1 aromatic rings. The van der Waals surface area contributed by atoms with Crippen LogP contribution in [0, 0.1) is 0 Å². The molecular formula is C13H21N3O2. The van der Waals surface area contributed by atoms with Crippen molar-refractivity contribution in [3.63, 3.8) is 0 Å². The van der Waals surface area contributed by atoms with Gasteiger partial charge in [-0.25, -0.2) is 4.79 Å². The standard InChI is InChI=1S/C13H21N3O2/c1-10(14)11-5-4-6-12(9-11)15-13(17)16(2)7-8-18-3/h4-6,9-10H,7-8,14H2,1-3H3,(H,15,17). The third-order valence-corrected chi connectivity index (χ3v) is 2.64. The lowest BCUT2D eigenvalue weighted by Crippen LogP contribution is -2.33. The summed E-state index contributed by atoms with van der Waals surface area (Å²) in [4.78, 5) is 13.4. The van der Waals surface area contributed by atoms with Crippen molar-refractivity contribution in [3.05, 3.63) is 29.8 Å². The molecule has 1 atom stereocenters. The lowest BCUT2D eigenvalue weighted by Gasteiger charge is -2.18. The van der Waals surface area contributed by atoms with Crippen molar-refractivity contribution in [3.8, 4) is 0 Å². The van der Waals surface area contributed by atoms with Crippen LogP contribution in [-0.2, 0) is 4.74 Å². The number of nitrogens with two attached hydrogens (primary N) is 1. The van der Waals surface area contributed by atoms with E-state index in [4.69, 9.17) is 10.5 Å². The second kappa shape index (κ2) is 6.98. The maximum absolute atomic E-state index is 11.8. The third-order valence-electron chi connectivity index (χ3n) is 2.64. The van der Waals surface area contributed by atoms with E-state index in [0.717, 1.165) is 11.3 Å². The molecule has 1 aromatic carbocycles. The second-order valence-corrected chi connectivity index (χ2v) is 4.26. The first-order chi connectivity index (χ1) is 8.54. The van der Waals surface area contributed by atoms with Gasteiger partial charge < -0.3 is 20.7 Å². The smallest absolute Gasteiger partial charge is 0.321 e. The van der Waals surface area contributed by atoms with Crippen LogP contribution in [0.4, 0.5) is 10.5 Å². The van der Waals surface area contributed by atoms with Gasteiger partial charge in [0.15, 0.2) is 0 Å². The van der Waals surface area contributed by atoms with Crippen molar-refractivity contribution >= 4 is 11.7 Å². The van der Waals surface area contributed by atoms with Crippen LogP contribution >= 0.6 is 0 Å². The minimum absolute atomic E-state index is 0.0481. The summed E-state index contributed by atoms with van der Waals surface area (Å²) in [7, 11) is 3.33. The summed E-state index contributed by atoms with van der Waals surface area (Å²) in [6, 6.07) is 7.33. The molecule has 0 spiro atoms. The molecule has 2 amide bonds. The zero-order valence-electron chi connectivity index (χ0n) is 11.1. The summed E-state index contributed by atoms with van der Waals surface area (Å²) in [5, 5.41) is 2.82. The monoisotopic (exact) mass is 251 g/mol. The van der Waals surface area contributed by atoms with Gasteiger partial charge >= 0.3 is 6.03 Å². The molecule has 0 heterocycles. The van der Waals surface area contributed by atoms with Gasteiger partial charge in [0.1, 0.15) is 0 Å². The van der Waals surface area contributed by atoms with E-state index in [-0.39, 0.29) is 12.1 Å². The van der Waals surface area contributed by atoms with Crippen LogP contribution in [-0.4, -0.2) is 38.2 Å². The van der Waals surface area contributed by atoms with E-state index in [9.17, 15) is 4.79 Å². The number of nitrogens with zero attached hydrogens (tertiary/aromatic N) is 1. The molecule has 0 bridgehead atoms. The average molecular weight is 251 g/mol. The summed E-state index contributed by atoms with van der Waals surface area (Å²) in [6.07, 6.45) is 0. The van der Waals surface area contributed by atoms with Gasteiger partial charge in [-0.1, -0.05) is 12.1 Å². The number of amides is 2. The SMILES string of the molecule is COCCN(C)C(=O)Nc1cccc(C(C)N)c1. The molecule has 0 aliphatic carbocycles. The van der Waals surface area contributed by atoms with Gasteiger partial charge in [0.05, 0.1) is 6.61 Å². The molecular weight excluding hydrogens is 230 g/mol. The van der Waals surface area contributed by atoms with Gasteiger partial charge in [0.2, 0.25) is 0 Å². The number of hydrogen-bond donors (Lipinski definition) is 2. The number of benzene rings is 1. The van der Waals surface area contributed by atoms with Crippen LogP contribution < -0.4 is 11.1 Å². The van der Waals surface area contributed by atoms with E-state index in [0.29, 0.717) is 13.2 Å². The molecule has 0 aromatic heterocycles. The van der Waals surface area contributed by atoms with Crippen molar-refractivity contribution in [1.29, 1.82) is 0 Å². The number of nitrogens with one attached hydrogen (secondary N) is 1. The molecule has 1 rings (SSSR count). The Kier molecular flexibility index (Phi) is 5.61. The van der Waals surface area contributed by atoms with Crippen LogP contribution in [0.2, 0.25) is 0 Å². The van der Waals surface area contributed by atoms with Crippen molar-refractivity contribution < 1.29 is 9.53 Å². The van der Waals surface area contributed by atoms with Crippen molar-refractivity contribution in [1.82, 2.24) is 4.90 Å². The first-order valence-corrected chi connectivity index (χ1v) is 5.91. The minimum Gasteiger partial charge on any atom is -0.383 e. The highest BCUT2D eigenvalue weighted by atomic mass is 16.5. The lowest BCUT2D eigenvalue weighted by atomic mass is 10.1. The zero-order chi connectivity index (χ0) is 13.5. The highest BCUT2D eigenvalue weighted by Gasteiger charge is 2.09. The molecule has 0 radical (unpaired) electrons. The van der Waals surface area contributed by atoms with E-state index in [1.165, 1.54) is 0 Å². The minimum atomic E-state index is -0.158. The van der Waals surface area contributed by atoms with E-state index < -0.39 is 0 Å². The second-order valence-electron chi connectivity index (χ2n) is 4.26. The largest absolute Gasteiger partial charge is 0.383 e. The third kappa shape index (κ3) is 4.35. The molecule has 1 unspecified atom stereocenters. The Bertz CT molecular complexity index is 394. The van der Waals surface area contributed by atoms with Crippen molar-refractivity contribution in [2.45, 2.75) is 13.0 Å². The number of hydrogen-bond acceptors (Lipinski definition) is 3. The number of urea groups is 1. The normalized spacial score (nSPS) is 12.0. The molecule has 0 fully saturated rings. The molecule has 5 heteroatoms. The molecule has 0 saturated heterocycles. The highest BCUT2D eigenvalue weighted by molar-refractivity contribution is 5.89. The van der Waals surface area contributed by atoms with Crippen LogP contribution in [0.3, 0.4) is 0 Å². The molecule has 100 valence electrons. The number of anilines is 1. The summed E-state index contributed by atoms with van der Waals surface area (Å²) in [5.41, 5.74) is 7.54. The zero-order valence-corrected chi connectivity index (χ0v) is 11.1. The Balaban J connectivity index is 2.61. The van der Waals surface area contributed by atoms with Crippen LogP contribution in [0.1, 0.15) is 18.5 Å². The molecule has 0 aliphatic rings. The van der Waals surface area contributed by atoms with Crippen LogP contribution in [0.25, 0.3) is 0 Å². The van der Waals surface area contributed by atoms with Crippen LogP contribution in [0.5, 0.6) is 0 Å². The molecule has 3 N–H and O–H groups in total. The highest BCUT2D eigenvalue weighted by Crippen LogP contribution is 2.15. The number of likely N-dealkylation sites (N-methyl/N-ethyl adjacent to an activating group) is 1. The molecule has 0 aliphatic heterocycles. The van der Waals surface area contributed by atoms with Crippen molar-refractivity contribution in [2.24, 2.45) is 5.73 Å². The lowest BCUT2D eigenvalue weighted by molar-refractivity contribution is 0.165. The van der Waals surface area contributed by atoms with Gasteiger partial charge in [0, 0.05) is 32.4 Å². The Morgan fingerprint density at radius 1 is 1.56 bits per heavy atom. The Hall–Kier alpha value is -1.59. The van der Waals surface area contributed by atoms with E-state index in [1.807, 2.05) is 31.2 Å². The Labute approximate surface area is 108 Å². The van der Waals surface area contributed by atoms with E-state index in [1.54, 1.807) is 19.1 Å². The van der Waals surface area contributed by atoms with Crippen molar-refractivity contribution in [2.75, 3.05) is 32.6 Å². The molecule has 5 nitrogen and oxygen atoms in total. The number of ether oxygens (including phenoxy) is 1. The maximum atomic E-state index is 11.8.